The molecule has 0 unspecified atom stereocenters. The number of rotatable bonds is 4. The van der Waals surface area contributed by atoms with Gasteiger partial charge in [-0.1, -0.05) is 0 Å². The van der Waals surface area contributed by atoms with Crippen LogP contribution in [-0.2, 0) is 10.3 Å². The molecule has 1 aliphatic heterocycles. The van der Waals surface area contributed by atoms with E-state index in [0.29, 0.717) is 5.56 Å². The molecule has 32 heavy (non-hydrogen) atoms. The molecular formula is C20H16F5N5O2. The van der Waals surface area contributed by atoms with E-state index in [9.17, 15) is 26.7 Å². The molecule has 2 aromatic rings. The number of aromatic nitrogens is 1. The van der Waals surface area contributed by atoms with Gasteiger partial charge < -0.3 is 15.8 Å². The number of hydrogen-bond acceptors (Lipinski definition) is 6. The predicted molar refractivity (Wildman–Crippen MR) is 103 cm³/mol. The summed E-state index contributed by atoms with van der Waals surface area (Å²) >= 11 is 0. The van der Waals surface area contributed by atoms with Crippen molar-refractivity contribution in [3.8, 4) is 6.07 Å². The van der Waals surface area contributed by atoms with E-state index < -0.39 is 54.2 Å². The van der Waals surface area contributed by atoms with Crippen LogP contribution in [-0.4, -0.2) is 35.8 Å². The number of nitrogens with two attached hydrogens (primary N) is 1. The first-order valence-electron chi connectivity index (χ1n) is 9.12. The van der Waals surface area contributed by atoms with Gasteiger partial charge in [-0.15, -0.1) is 0 Å². The Kier molecular flexibility index (Phi) is 6.03. The van der Waals surface area contributed by atoms with E-state index in [0.717, 1.165) is 18.2 Å². The fourth-order valence-electron chi connectivity index (χ4n) is 3.30. The topological polar surface area (TPSA) is 113 Å². The van der Waals surface area contributed by atoms with Gasteiger partial charge in [0.15, 0.2) is 11.6 Å². The van der Waals surface area contributed by atoms with Crippen molar-refractivity contribution in [2.45, 2.75) is 31.2 Å². The molecule has 0 radical (unpaired) electrons. The Balaban J connectivity index is 1.95. The van der Waals surface area contributed by atoms with Crippen LogP contribution in [0.15, 0.2) is 35.5 Å². The van der Waals surface area contributed by atoms with E-state index >= 15 is 0 Å². The second-order valence-electron chi connectivity index (χ2n) is 7.11. The Hall–Kier alpha value is -3.75. The third-order valence-electron chi connectivity index (χ3n) is 4.84. The number of carbonyl (C=O) groups excluding carboxylic acids is 1. The average Bonchev–Trinajstić information content (AvgIpc) is 2.73. The van der Waals surface area contributed by atoms with Crippen molar-refractivity contribution >= 4 is 17.6 Å². The van der Waals surface area contributed by atoms with Crippen LogP contribution in [0.25, 0.3) is 0 Å². The number of amides is 1. The van der Waals surface area contributed by atoms with Gasteiger partial charge >= 0.3 is 6.18 Å². The van der Waals surface area contributed by atoms with Crippen LogP contribution >= 0.6 is 0 Å². The molecule has 3 rings (SSSR count). The number of amidine groups is 1. The average molecular weight is 453 g/mol. The Morgan fingerprint density at radius 3 is 2.72 bits per heavy atom. The van der Waals surface area contributed by atoms with E-state index in [2.05, 4.69) is 15.3 Å². The Labute approximate surface area is 178 Å². The van der Waals surface area contributed by atoms with Crippen molar-refractivity contribution in [3.63, 3.8) is 0 Å². The number of anilines is 1. The van der Waals surface area contributed by atoms with E-state index in [1.165, 1.54) is 12.3 Å². The summed E-state index contributed by atoms with van der Waals surface area (Å²) in [5.41, 5.74) is 2.93. The minimum absolute atomic E-state index is 0.0301. The first kappa shape index (κ1) is 22.9. The summed E-state index contributed by atoms with van der Waals surface area (Å²) in [6.07, 6.45) is -4.71. The molecule has 1 aromatic carbocycles. The lowest BCUT2D eigenvalue weighted by Crippen LogP contribution is -2.48. The summed E-state index contributed by atoms with van der Waals surface area (Å²) in [6.45, 7) is 0.0204. The molecular weight excluding hydrogens is 437 g/mol. The molecule has 0 bridgehead atoms. The number of pyridine rings is 1. The molecule has 1 amide bonds. The highest BCUT2D eigenvalue weighted by atomic mass is 19.4. The second kappa shape index (κ2) is 8.41. The highest BCUT2D eigenvalue weighted by Crippen LogP contribution is 2.42. The van der Waals surface area contributed by atoms with Crippen LogP contribution in [0.1, 0.15) is 33.6 Å². The fourth-order valence-corrected chi connectivity index (χ4v) is 3.30. The Bertz CT molecular complexity index is 1130. The van der Waals surface area contributed by atoms with Gasteiger partial charge in [-0.3, -0.25) is 4.79 Å². The number of nitriles is 1. The molecule has 0 spiro atoms. The van der Waals surface area contributed by atoms with E-state index in [4.69, 9.17) is 15.7 Å². The Morgan fingerprint density at radius 1 is 1.41 bits per heavy atom. The minimum atomic E-state index is -4.85. The Morgan fingerprint density at radius 2 is 2.12 bits per heavy atom. The van der Waals surface area contributed by atoms with Gasteiger partial charge in [-0.25, -0.2) is 18.8 Å². The minimum Gasteiger partial charge on any atom is -0.451 e. The molecule has 0 aliphatic carbocycles. The SMILES string of the molecule is Cc1cc(C#N)cnc1C(=O)Nc1ccc(F)c([C@]2(CF)C[C@@H](C(F)(F)F)N=C(N)O2)c1. The number of hydrogen-bond donors (Lipinski definition) is 2. The maximum absolute atomic E-state index is 14.6. The summed E-state index contributed by atoms with van der Waals surface area (Å²) in [4.78, 5) is 19.6. The highest BCUT2D eigenvalue weighted by Gasteiger charge is 2.52. The number of alkyl halides is 4. The quantitative estimate of drug-likeness (QED) is 0.689. The lowest BCUT2D eigenvalue weighted by Gasteiger charge is -2.38. The molecule has 168 valence electrons. The van der Waals surface area contributed by atoms with Crippen molar-refractivity contribution in [2.24, 2.45) is 10.7 Å². The number of aliphatic imine (C=N–C) groups is 1. The lowest BCUT2D eigenvalue weighted by molar-refractivity contribution is -0.167. The molecule has 1 aliphatic rings. The fraction of sp³-hybridized carbons (Fsp3) is 0.300. The van der Waals surface area contributed by atoms with Gasteiger partial charge in [0.2, 0.25) is 0 Å². The van der Waals surface area contributed by atoms with Gasteiger partial charge in [-0.2, -0.15) is 18.4 Å². The van der Waals surface area contributed by atoms with Crippen LogP contribution in [0.3, 0.4) is 0 Å². The van der Waals surface area contributed by atoms with Crippen molar-refractivity contribution in [1.82, 2.24) is 4.98 Å². The number of halogens is 5. The summed E-state index contributed by atoms with van der Waals surface area (Å²) in [7, 11) is 0. The molecule has 0 saturated heterocycles. The first-order chi connectivity index (χ1) is 15.0. The predicted octanol–water partition coefficient (Wildman–Crippen LogP) is 3.48. The third-order valence-corrected chi connectivity index (χ3v) is 4.84. The number of nitrogens with zero attached hydrogens (tertiary/aromatic N) is 3. The summed E-state index contributed by atoms with van der Waals surface area (Å²) < 4.78 is 73.3. The smallest absolute Gasteiger partial charge is 0.411 e. The van der Waals surface area contributed by atoms with Crippen molar-refractivity contribution in [3.05, 3.63) is 58.7 Å². The van der Waals surface area contributed by atoms with Gasteiger partial charge in [0.05, 0.1) is 5.56 Å². The number of nitrogens with one attached hydrogen (secondary N) is 1. The van der Waals surface area contributed by atoms with E-state index in [1.54, 1.807) is 6.92 Å². The van der Waals surface area contributed by atoms with Gasteiger partial charge in [0, 0.05) is 23.9 Å². The number of aryl methyl sites for hydroxylation is 1. The van der Waals surface area contributed by atoms with Crippen LogP contribution in [0.4, 0.5) is 27.6 Å². The largest absolute Gasteiger partial charge is 0.451 e. The van der Waals surface area contributed by atoms with Gasteiger partial charge in [0.1, 0.15) is 24.3 Å². The van der Waals surface area contributed by atoms with E-state index in [1.807, 2.05) is 6.07 Å². The maximum Gasteiger partial charge on any atom is 0.411 e. The second-order valence-corrected chi connectivity index (χ2v) is 7.11. The summed E-state index contributed by atoms with van der Waals surface area (Å²) in [5, 5.41) is 11.3. The van der Waals surface area contributed by atoms with Crippen LogP contribution < -0.4 is 11.1 Å². The molecule has 12 heteroatoms. The number of carbonyl (C=O) groups is 1. The standard InChI is InChI=1S/C20H16F5N5O2/c1-10-4-11(7-26)8-28-16(10)17(31)29-12-2-3-14(22)13(5-12)19(9-21)6-15(20(23,24)25)30-18(27)32-19/h2-5,8,15H,6,9H2,1H3,(H2,27,30)(H,29,31)/t15-,19+/m0/s1. The molecule has 3 N–H and O–H groups in total. The first-order valence-corrected chi connectivity index (χ1v) is 9.12. The molecule has 2 heterocycles. The molecule has 0 saturated carbocycles. The van der Waals surface area contributed by atoms with Gasteiger partial charge in [0.25, 0.3) is 11.9 Å². The van der Waals surface area contributed by atoms with Crippen molar-refractivity contribution in [1.29, 1.82) is 5.26 Å². The summed E-state index contributed by atoms with van der Waals surface area (Å²) in [5.74, 6) is -1.78. The van der Waals surface area contributed by atoms with Crippen molar-refractivity contribution < 1.29 is 31.5 Å². The van der Waals surface area contributed by atoms with Crippen molar-refractivity contribution in [2.75, 3.05) is 12.0 Å². The van der Waals surface area contributed by atoms with Crippen LogP contribution in [0, 0.1) is 24.1 Å². The monoisotopic (exact) mass is 453 g/mol. The van der Waals surface area contributed by atoms with Gasteiger partial charge in [-0.05, 0) is 36.8 Å². The van der Waals surface area contributed by atoms with Crippen LogP contribution in [0.2, 0.25) is 0 Å². The molecule has 2 atom stereocenters. The zero-order chi connectivity index (χ0) is 23.7. The zero-order valence-corrected chi connectivity index (χ0v) is 16.5. The summed E-state index contributed by atoms with van der Waals surface area (Å²) in [6, 6.07) is 2.96. The normalized spacial score (nSPS) is 20.7. The zero-order valence-electron chi connectivity index (χ0n) is 16.5. The third kappa shape index (κ3) is 4.46. The van der Waals surface area contributed by atoms with E-state index in [-0.39, 0.29) is 16.9 Å². The van der Waals surface area contributed by atoms with Crippen LogP contribution in [0.5, 0.6) is 0 Å². The maximum atomic E-state index is 14.6. The molecule has 1 aromatic heterocycles. The number of benzene rings is 1. The molecule has 7 nitrogen and oxygen atoms in total. The lowest BCUT2D eigenvalue weighted by atomic mass is 9.86. The number of ether oxygens (including phenoxy) is 1. The highest BCUT2D eigenvalue weighted by molar-refractivity contribution is 6.03. The molecule has 0 fully saturated rings.